The van der Waals surface area contributed by atoms with Crippen LogP contribution in [0.4, 0.5) is 0 Å². The second-order valence-electron chi connectivity index (χ2n) is 4.04. The van der Waals surface area contributed by atoms with E-state index in [0.29, 0.717) is 6.42 Å². The van der Waals surface area contributed by atoms with Crippen molar-refractivity contribution in [3.63, 3.8) is 0 Å². The first kappa shape index (κ1) is 16.4. The predicted octanol–water partition coefficient (Wildman–Crippen LogP) is 0.0777. The van der Waals surface area contributed by atoms with Crippen LogP contribution in [0.25, 0.3) is 0 Å². The Morgan fingerprint density at radius 1 is 0.778 bits per heavy atom. The average molecular weight is 247 g/mol. The number of hydrogen-bond acceptors (Lipinski definition) is 6. The van der Waals surface area contributed by atoms with Crippen molar-refractivity contribution >= 4 is 29.6 Å². The molecule has 2 N–H and O–H groups in total. The topological polar surface area (TPSA) is 145 Å². The third-order valence-electron chi connectivity index (χ3n) is 3.35. The number of nitrogens with two attached hydrogens (primary N) is 1. The van der Waals surface area contributed by atoms with Gasteiger partial charge in [-0.2, -0.15) is 26.3 Å². The number of nitriles is 5. The summed E-state index contributed by atoms with van der Waals surface area (Å²) in [6.07, 6.45) is 0.549. The van der Waals surface area contributed by atoms with Crippen LogP contribution in [0, 0.1) is 67.5 Å². The first-order valence-electron chi connectivity index (χ1n) is 4.86. The van der Waals surface area contributed by atoms with Crippen molar-refractivity contribution in [2.75, 3.05) is 0 Å². The molecular formula is C11H8N6Na. The molecule has 6 nitrogen and oxygen atoms in total. The fourth-order valence-electron chi connectivity index (χ4n) is 2.25. The molecule has 0 saturated heterocycles. The molecular weight excluding hydrogens is 239 g/mol. The van der Waals surface area contributed by atoms with E-state index in [1.807, 2.05) is 0 Å². The molecule has 0 heterocycles. The van der Waals surface area contributed by atoms with E-state index in [4.69, 9.17) is 21.5 Å². The van der Waals surface area contributed by atoms with Crippen LogP contribution in [0.2, 0.25) is 0 Å². The first-order chi connectivity index (χ1) is 8.01. The molecule has 83 valence electrons. The van der Waals surface area contributed by atoms with E-state index in [1.165, 1.54) is 0 Å². The average Bonchev–Trinajstić information content (AvgIpc) is 2.38. The van der Waals surface area contributed by atoms with Crippen LogP contribution in [0.1, 0.15) is 19.3 Å². The van der Waals surface area contributed by atoms with Crippen molar-refractivity contribution in [1.82, 2.24) is 0 Å². The monoisotopic (exact) mass is 247 g/mol. The molecule has 0 bridgehead atoms. The number of hydrogen-bond donors (Lipinski definition) is 1. The van der Waals surface area contributed by atoms with Gasteiger partial charge in [-0.3, -0.25) is 0 Å². The van der Waals surface area contributed by atoms with E-state index >= 15 is 0 Å². The zero-order valence-electron chi connectivity index (χ0n) is 9.93. The van der Waals surface area contributed by atoms with Gasteiger partial charge in [-0.1, -0.05) is 0 Å². The Labute approximate surface area is 127 Å². The molecule has 1 atom stereocenters. The fraction of sp³-hybridized carbons (Fsp3) is 0.545. The SMILES string of the molecule is N#CC1(N)CCCC(C#N)(C#N)C1(C#N)C#N.[Na]. The van der Waals surface area contributed by atoms with Gasteiger partial charge in [-0.15, -0.1) is 0 Å². The van der Waals surface area contributed by atoms with Gasteiger partial charge in [0.15, 0.2) is 5.41 Å². The van der Waals surface area contributed by atoms with E-state index < -0.39 is 16.4 Å². The molecule has 0 spiro atoms. The largest absolute Gasteiger partial charge is 0.311 e. The Hall–Kier alpha value is -1.59. The fourth-order valence-corrected chi connectivity index (χ4v) is 2.25. The van der Waals surface area contributed by atoms with Gasteiger partial charge in [0, 0.05) is 29.6 Å². The van der Waals surface area contributed by atoms with Crippen molar-refractivity contribution in [3.05, 3.63) is 0 Å². The van der Waals surface area contributed by atoms with Gasteiger partial charge in [0.1, 0.15) is 5.54 Å². The van der Waals surface area contributed by atoms with E-state index in [9.17, 15) is 10.5 Å². The van der Waals surface area contributed by atoms with Crippen LogP contribution in [-0.2, 0) is 0 Å². The third kappa shape index (κ3) is 1.67. The van der Waals surface area contributed by atoms with E-state index in [-0.39, 0.29) is 42.4 Å². The van der Waals surface area contributed by atoms with Gasteiger partial charge < -0.3 is 5.73 Å². The summed E-state index contributed by atoms with van der Waals surface area (Å²) in [5.74, 6) is 0. The van der Waals surface area contributed by atoms with Crippen molar-refractivity contribution < 1.29 is 0 Å². The normalized spacial score (nSPS) is 26.9. The maximum Gasteiger partial charge on any atom is 0.206 e. The Morgan fingerprint density at radius 3 is 1.61 bits per heavy atom. The molecule has 7 heteroatoms. The van der Waals surface area contributed by atoms with Gasteiger partial charge in [-0.05, 0) is 19.3 Å². The van der Waals surface area contributed by atoms with Crippen LogP contribution >= 0.6 is 0 Å². The summed E-state index contributed by atoms with van der Waals surface area (Å²) in [7, 11) is 0. The third-order valence-corrected chi connectivity index (χ3v) is 3.35. The minimum Gasteiger partial charge on any atom is -0.311 e. The second-order valence-corrected chi connectivity index (χ2v) is 4.04. The molecule has 1 saturated carbocycles. The summed E-state index contributed by atoms with van der Waals surface area (Å²) in [6.45, 7) is 0. The van der Waals surface area contributed by atoms with Gasteiger partial charge in [-0.25, -0.2) is 0 Å². The molecule has 1 radical (unpaired) electrons. The van der Waals surface area contributed by atoms with Crippen LogP contribution in [-0.4, -0.2) is 35.1 Å². The quantitative estimate of drug-likeness (QED) is 0.599. The number of rotatable bonds is 0. The zero-order valence-corrected chi connectivity index (χ0v) is 11.9. The summed E-state index contributed by atoms with van der Waals surface area (Å²) >= 11 is 0. The van der Waals surface area contributed by atoms with Crippen molar-refractivity contribution in [2.24, 2.45) is 16.6 Å². The number of nitrogens with zero attached hydrogens (tertiary/aromatic N) is 5. The van der Waals surface area contributed by atoms with Gasteiger partial charge in [0.05, 0.1) is 30.3 Å². The second kappa shape index (κ2) is 5.37. The van der Waals surface area contributed by atoms with Crippen molar-refractivity contribution in [1.29, 1.82) is 26.3 Å². The predicted molar refractivity (Wildman–Crippen MR) is 59.5 cm³/mol. The van der Waals surface area contributed by atoms with Gasteiger partial charge >= 0.3 is 0 Å². The Morgan fingerprint density at radius 2 is 1.28 bits per heavy atom. The van der Waals surface area contributed by atoms with Crippen LogP contribution in [0.5, 0.6) is 0 Å². The molecule has 1 aliphatic carbocycles. The Kier molecular flexibility index (Phi) is 4.90. The molecule has 0 aromatic heterocycles. The van der Waals surface area contributed by atoms with E-state index in [2.05, 4.69) is 0 Å². The molecule has 1 fully saturated rings. The molecule has 18 heavy (non-hydrogen) atoms. The molecule has 1 aliphatic rings. The summed E-state index contributed by atoms with van der Waals surface area (Å²) in [5.41, 5.74) is 0.0230. The summed E-state index contributed by atoms with van der Waals surface area (Å²) < 4.78 is 0. The summed E-state index contributed by atoms with van der Waals surface area (Å²) in [5, 5.41) is 45.7. The van der Waals surface area contributed by atoms with Gasteiger partial charge in [0.25, 0.3) is 0 Å². The van der Waals surface area contributed by atoms with Crippen LogP contribution < -0.4 is 5.73 Å². The molecule has 1 unspecified atom stereocenters. The maximum atomic E-state index is 9.20. The van der Waals surface area contributed by atoms with Crippen molar-refractivity contribution in [3.8, 4) is 30.3 Å². The Bertz CT molecular complexity index is 521. The smallest absolute Gasteiger partial charge is 0.206 e. The molecule has 1 rings (SSSR count). The molecule has 0 aromatic carbocycles. The first-order valence-corrected chi connectivity index (χ1v) is 4.86. The minimum absolute atomic E-state index is 0. The minimum atomic E-state index is -2.11. The van der Waals surface area contributed by atoms with E-state index in [1.54, 1.807) is 30.3 Å². The standard InChI is InChI=1S/C11H8N6.Na/c12-4-9(5-13)2-1-3-11(17,8-16)10(9,6-14)7-15;/h1-3,17H2;. The van der Waals surface area contributed by atoms with Crippen LogP contribution in [0.15, 0.2) is 0 Å². The Balaban J connectivity index is 0.00000289. The molecule has 0 aliphatic heterocycles. The zero-order chi connectivity index (χ0) is 13.2. The van der Waals surface area contributed by atoms with Crippen LogP contribution in [0.3, 0.4) is 0 Å². The van der Waals surface area contributed by atoms with Crippen molar-refractivity contribution in [2.45, 2.75) is 24.8 Å². The summed E-state index contributed by atoms with van der Waals surface area (Å²) in [6, 6.07) is 8.45. The van der Waals surface area contributed by atoms with Gasteiger partial charge in [0.2, 0.25) is 5.41 Å². The maximum absolute atomic E-state index is 9.20. The molecule has 0 amide bonds. The summed E-state index contributed by atoms with van der Waals surface area (Å²) in [4.78, 5) is 0. The molecule has 0 aromatic rings. The van der Waals surface area contributed by atoms with E-state index in [0.717, 1.165) is 0 Å².